The van der Waals surface area contributed by atoms with Gasteiger partial charge in [-0.1, -0.05) is 6.07 Å². The fourth-order valence-electron chi connectivity index (χ4n) is 2.70. The Labute approximate surface area is 137 Å². The van der Waals surface area contributed by atoms with Gasteiger partial charge < -0.3 is 9.64 Å². The first kappa shape index (κ1) is 17.9. The predicted molar refractivity (Wildman–Crippen MR) is 88.0 cm³/mol. The highest BCUT2D eigenvalue weighted by atomic mass is 32.2. The van der Waals surface area contributed by atoms with Crippen molar-refractivity contribution in [3.8, 4) is 0 Å². The van der Waals surface area contributed by atoms with Gasteiger partial charge in [0.2, 0.25) is 10.0 Å². The van der Waals surface area contributed by atoms with E-state index in [4.69, 9.17) is 0 Å². The quantitative estimate of drug-likeness (QED) is 0.602. The zero-order valence-electron chi connectivity index (χ0n) is 13.7. The number of nitrogens with zero attached hydrogens (tertiary/aromatic N) is 1. The summed E-state index contributed by atoms with van der Waals surface area (Å²) in [7, 11) is -2.34. The van der Waals surface area contributed by atoms with Gasteiger partial charge in [-0.15, -0.1) is 0 Å². The number of sulfonamides is 1. The Kier molecular flexibility index (Phi) is 6.15. The Balaban J connectivity index is 1.97. The van der Waals surface area contributed by atoms with Crippen LogP contribution in [0.4, 0.5) is 0 Å². The lowest BCUT2D eigenvalue weighted by Crippen LogP contribution is -2.29. The smallest absolute Gasteiger partial charge is 0.338 e. The maximum atomic E-state index is 12.3. The largest absolute Gasteiger partial charge is 0.465 e. The van der Waals surface area contributed by atoms with Crippen molar-refractivity contribution < 1.29 is 17.9 Å². The number of methoxy groups -OCH3 is 1. The summed E-state index contributed by atoms with van der Waals surface area (Å²) in [5.74, 6) is -0.534. The summed E-state index contributed by atoms with van der Waals surface area (Å²) in [6, 6.07) is 4.49. The van der Waals surface area contributed by atoms with Crippen molar-refractivity contribution in [2.75, 3.05) is 33.3 Å². The van der Waals surface area contributed by atoms with E-state index >= 15 is 0 Å². The molecule has 0 saturated carbocycles. The zero-order chi connectivity index (χ0) is 16.9. The average Bonchev–Trinajstić information content (AvgIpc) is 3.04. The average molecular weight is 340 g/mol. The van der Waals surface area contributed by atoms with Gasteiger partial charge in [0.15, 0.2) is 0 Å². The Morgan fingerprint density at radius 3 is 2.65 bits per heavy atom. The lowest BCUT2D eigenvalue weighted by atomic mass is 10.1. The maximum Gasteiger partial charge on any atom is 0.338 e. The monoisotopic (exact) mass is 340 g/mol. The number of carbonyl (C=O) groups excluding carboxylic acids is 1. The van der Waals surface area contributed by atoms with Gasteiger partial charge in [0, 0.05) is 6.54 Å². The van der Waals surface area contributed by atoms with Crippen LogP contribution in [0.15, 0.2) is 23.1 Å². The van der Waals surface area contributed by atoms with Crippen LogP contribution in [0.25, 0.3) is 0 Å². The van der Waals surface area contributed by atoms with E-state index in [1.807, 2.05) is 0 Å². The molecule has 1 heterocycles. The van der Waals surface area contributed by atoms with Crippen LogP contribution < -0.4 is 4.72 Å². The molecule has 1 aromatic carbocycles. The number of nitrogens with one attached hydrogen (secondary N) is 1. The van der Waals surface area contributed by atoms with Crippen LogP contribution in [0.3, 0.4) is 0 Å². The molecule has 1 aromatic rings. The summed E-state index contributed by atoms with van der Waals surface area (Å²) < 4.78 is 31.9. The molecule has 1 saturated heterocycles. The van der Waals surface area contributed by atoms with Crippen molar-refractivity contribution in [1.82, 2.24) is 9.62 Å². The SMILES string of the molecule is COC(=O)c1cc(S(=O)(=O)NCCCN2CCCC2)ccc1C. The van der Waals surface area contributed by atoms with Crippen LogP contribution in [0.1, 0.15) is 35.2 Å². The molecule has 2 rings (SSSR count). The summed E-state index contributed by atoms with van der Waals surface area (Å²) in [4.78, 5) is 14.1. The number of ether oxygens (including phenoxy) is 1. The molecular formula is C16H24N2O4S. The third-order valence-electron chi connectivity index (χ3n) is 4.07. The third kappa shape index (κ3) is 4.76. The molecule has 1 aliphatic heterocycles. The molecule has 0 aromatic heterocycles. The van der Waals surface area contributed by atoms with E-state index in [9.17, 15) is 13.2 Å². The number of likely N-dealkylation sites (tertiary alicyclic amines) is 1. The zero-order valence-corrected chi connectivity index (χ0v) is 14.5. The predicted octanol–water partition coefficient (Wildman–Crippen LogP) is 1.55. The minimum atomic E-state index is -3.61. The molecule has 0 atom stereocenters. The van der Waals surface area contributed by atoms with E-state index in [0.29, 0.717) is 12.1 Å². The van der Waals surface area contributed by atoms with Crippen LogP contribution in [-0.4, -0.2) is 52.6 Å². The van der Waals surface area contributed by atoms with Crippen molar-refractivity contribution in [1.29, 1.82) is 0 Å². The summed E-state index contributed by atoms with van der Waals surface area (Å²) in [6.45, 7) is 5.25. The van der Waals surface area contributed by atoms with Crippen molar-refractivity contribution in [2.24, 2.45) is 0 Å². The molecule has 0 bridgehead atoms. The van der Waals surface area contributed by atoms with E-state index in [0.717, 1.165) is 26.1 Å². The minimum absolute atomic E-state index is 0.0877. The third-order valence-corrected chi connectivity index (χ3v) is 5.53. The number of hydrogen-bond donors (Lipinski definition) is 1. The van der Waals surface area contributed by atoms with E-state index in [1.54, 1.807) is 13.0 Å². The fraction of sp³-hybridized carbons (Fsp3) is 0.562. The van der Waals surface area contributed by atoms with Crippen molar-refractivity contribution in [2.45, 2.75) is 31.1 Å². The van der Waals surface area contributed by atoms with Gasteiger partial charge in [0.05, 0.1) is 17.6 Å². The molecular weight excluding hydrogens is 316 g/mol. The summed E-state index contributed by atoms with van der Waals surface area (Å²) in [5.41, 5.74) is 0.956. The molecule has 7 heteroatoms. The maximum absolute atomic E-state index is 12.3. The Morgan fingerprint density at radius 1 is 1.30 bits per heavy atom. The van der Waals surface area contributed by atoms with Gasteiger partial charge in [0.1, 0.15) is 0 Å². The van der Waals surface area contributed by atoms with Gasteiger partial charge >= 0.3 is 5.97 Å². The highest BCUT2D eigenvalue weighted by Gasteiger charge is 2.18. The summed E-state index contributed by atoms with van der Waals surface area (Å²) in [5, 5.41) is 0. The second kappa shape index (κ2) is 7.90. The molecule has 23 heavy (non-hydrogen) atoms. The van der Waals surface area contributed by atoms with Crippen molar-refractivity contribution in [3.05, 3.63) is 29.3 Å². The van der Waals surface area contributed by atoms with Gasteiger partial charge in [-0.05, 0) is 63.5 Å². The summed E-state index contributed by atoms with van der Waals surface area (Å²) >= 11 is 0. The standard InChI is InChI=1S/C16H24N2O4S/c1-13-6-7-14(12-15(13)16(19)22-2)23(20,21)17-8-5-11-18-9-3-4-10-18/h6-7,12,17H,3-5,8-11H2,1-2H3. The highest BCUT2D eigenvalue weighted by molar-refractivity contribution is 7.89. The number of aryl methyl sites for hydroxylation is 1. The highest BCUT2D eigenvalue weighted by Crippen LogP contribution is 2.16. The molecule has 0 unspecified atom stereocenters. The lowest BCUT2D eigenvalue weighted by Gasteiger charge is -2.14. The molecule has 0 radical (unpaired) electrons. The lowest BCUT2D eigenvalue weighted by molar-refractivity contribution is 0.0599. The normalized spacial score (nSPS) is 15.7. The minimum Gasteiger partial charge on any atom is -0.465 e. The molecule has 1 fully saturated rings. The topological polar surface area (TPSA) is 75.7 Å². The molecule has 0 amide bonds. The van der Waals surface area contributed by atoms with E-state index in [1.165, 1.54) is 32.1 Å². The van der Waals surface area contributed by atoms with E-state index in [-0.39, 0.29) is 10.5 Å². The first-order valence-electron chi connectivity index (χ1n) is 7.85. The Hall–Kier alpha value is -1.44. The second-order valence-corrected chi connectivity index (χ2v) is 7.54. The van der Waals surface area contributed by atoms with Crippen molar-refractivity contribution in [3.63, 3.8) is 0 Å². The van der Waals surface area contributed by atoms with Crippen LogP contribution >= 0.6 is 0 Å². The first-order chi connectivity index (χ1) is 10.9. The first-order valence-corrected chi connectivity index (χ1v) is 9.33. The van der Waals surface area contributed by atoms with Crippen LogP contribution in [-0.2, 0) is 14.8 Å². The van der Waals surface area contributed by atoms with Crippen LogP contribution in [0.2, 0.25) is 0 Å². The number of hydrogen-bond acceptors (Lipinski definition) is 5. The molecule has 0 spiro atoms. The molecule has 128 valence electrons. The number of esters is 1. The van der Waals surface area contributed by atoms with Crippen molar-refractivity contribution >= 4 is 16.0 Å². The number of benzene rings is 1. The fourth-order valence-corrected chi connectivity index (χ4v) is 3.80. The van der Waals surface area contributed by atoms with Gasteiger partial charge in [-0.25, -0.2) is 17.9 Å². The molecule has 1 aliphatic rings. The number of carbonyl (C=O) groups is 1. The van der Waals surface area contributed by atoms with Gasteiger partial charge in [-0.2, -0.15) is 0 Å². The van der Waals surface area contributed by atoms with Gasteiger partial charge in [0.25, 0.3) is 0 Å². The van der Waals surface area contributed by atoms with Crippen LogP contribution in [0, 0.1) is 6.92 Å². The van der Waals surface area contributed by atoms with Gasteiger partial charge in [-0.3, -0.25) is 0 Å². The van der Waals surface area contributed by atoms with Crippen LogP contribution in [0.5, 0.6) is 0 Å². The molecule has 1 N–H and O–H groups in total. The number of rotatable bonds is 7. The van der Waals surface area contributed by atoms with E-state index in [2.05, 4.69) is 14.4 Å². The Bertz CT molecular complexity index is 652. The Morgan fingerprint density at radius 2 is 2.00 bits per heavy atom. The van der Waals surface area contributed by atoms with E-state index < -0.39 is 16.0 Å². The molecule has 6 nitrogen and oxygen atoms in total. The molecule has 0 aliphatic carbocycles. The summed E-state index contributed by atoms with van der Waals surface area (Å²) in [6.07, 6.45) is 3.23. The second-order valence-electron chi connectivity index (χ2n) is 5.77.